The number of ether oxygens (including phenoxy) is 2. The SMILES string of the molecule is COC(=O)c1ccc(Nc2cccc(C(=O)N3CCOCC3)c2Cl)c(C(C)(C)O)c1. The molecule has 3 rings (SSSR count). The Morgan fingerprint density at radius 2 is 1.87 bits per heavy atom. The van der Waals surface area contributed by atoms with Crippen LogP contribution in [-0.2, 0) is 15.1 Å². The molecule has 0 atom stereocenters. The molecule has 0 bridgehead atoms. The van der Waals surface area contributed by atoms with Gasteiger partial charge in [-0.25, -0.2) is 4.79 Å². The first-order valence-electron chi connectivity index (χ1n) is 9.60. The number of methoxy groups -OCH3 is 1. The third-order valence-corrected chi connectivity index (χ3v) is 5.30. The summed E-state index contributed by atoms with van der Waals surface area (Å²) >= 11 is 6.57. The summed E-state index contributed by atoms with van der Waals surface area (Å²) < 4.78 is 10.1. The van der Waals surface area contributed by atoms with Gasteiger partial charge in [0, 0.05) is 24.3 Å². The van der Waals surface area contributed by atoms with Gasteiger partial charge in [0.1, 0.15) is 0 Å². The summed E-state index contributed by atoms with van der Waals surface area (Å²) in [4.78, 5) is 26.5. The Labute approximate surface area is 180 Å². The number of morpholine rings is 1. The van der Waals surface area contributed by atoms with Crippen LogP contribution in [0.15, 0.2) is 36.4 Å². The summed E-state index contributed by atoms with van der Waals surface area (Å²) in [5.74, 6) is -0.654. The summed E-state index contributed by atoms with van der Waals surface area (Å²) in [6.07, 6.45) is 0. The van der Waals surface area contributed by atoms with Crippen LogP contribution in [0, 0.1) is 0 Å². The molecule has 1 saturated heterocycles. The highest BCUT2D eigenvalue weighted by atomic mass is 35.5. The van der Waals surface area contributed by atoms with E-state index in [1.807, 2.05) is 0 Å². The summed E-state index contributed by atoms with van der Waals surface area (Å²) in [5, 5.41) is 14.1. The van der Waals surface area contributed by atoms with E-state index in [2.05, 4.69) is 5.32 Å². The van der Waals surface area contributed by atoms with Gasteiger partial charge in [0.05, 0.1) is 47.8 Å². The molecule has 0 spiro atoms. The maximum atomic E-state index is 12.9. The van der Waals surface area contributed by atoms with Crippen molar-refractivity contribution < 1.29 is 24.2 Å². The number of carbonyl (C=O) groups is 2. The minimum atomic E-state index is -1.24. The molecular formula is C22H25ClN2O5. The molecule has 1 heterocycles. The second kappa shape index (κ2) is 9.04. The van der Waals surface area contributed by atoms with Crippen molar-refractivity contribution in [2.24, 2.45) is 0 Å². The molecule has 0 saturated carbocycles. The Balaban J connectivity index is 1.94. The van der Waals surface area contributed by atoms with E-state index in [4.69, 9.17) is 21.1 Å². The fourth-order valence-electron chi connectivity index (χ4n) is 3.28. The number of amides is 1. The number of nitrogens with zero attached hydrogens (tertiary/aromatic N) is 1. The van der Waals surface area contributed by atoms with Gasteiger partial charge in [0.2, 0.25) is 0 Å². The van der Waals surface area contributed by atoms with Crippen LogP contribution in [0.1, 0.15) is 40.1 Å². The summed E-state index contributed by atoms with van der Waals surface area (Å²) in [5.41, 5.74) is 1.05. The Morgan fingerprint density at radius 3 is 2.50 bits per heavy atom. The van der Waals surface area contributed by atoms with E-state index in [1.165, 1.54) is 7.11 Å². The molecule has 8 heteroatoms. The van der Waals surface area contributed by atoms with Crippen molar-refractivity contribution in [2.75, 3.05) is 38.7 Å². The van der Waals surface area contributed by atoms with Crippen molar-refractivity contribution in [1.82, 2.24) is 4.90 Å². The lowest BCUT2D eigenvalue weighted by Crippen LogP contribution is -2.40. The highest BCUT2D eigenvalue weighted by Crippen LogP contribution is 2.35. The van der Waals surface area contributed by atoms with E-state index in [0.29, 0.717) is 54.4 Å². The second-order valence-corrected chi connectivity index (χ2v) is 7.89. The highest BCUT2D eigenvalue weighted by Gasteiger charge is 2.25. The Hall–Kier alpha value is -2.61. The zero-order chi connectivity index (χ0) is 21.9. The first-order chi connectivity index (χ1) is 14.2. The van der Waals surface area contributed by atoms with Crippen LogP contribution in [0.3, 0.4) is 0 Å². The maximum absolute atomic E-state index is 12.9. The predicted octanol–water partition coefficient (Wildman–Crippen LogP) is 3.57. The van der Waals surface area contributed by atoms with Gasteiger partial charge in [-0.3, -0.25) is 4.79 Å². The third kappa shape index (κ3) is 4.75. The number of carbonyl (C=O) groups excluding carboxylic acids is 2. The molecule has 1 aliphatic heterocycles. The fraction of sp³-hybridized carbons (Fsp3) is 0.364. The van der Waals surface area contributed by atoms with Gasteiger partial charge in [-0.05, 0) is 44.2 Å². The van der Waals surface area contributed by atoms with Gasteiger partial charge >= 0.3 is 5.97 Å². The van der Waals surface area contributed by atoms with Crippen molar-refractivity contribution >= 4 is 34.9 Å². The zero-order valence-corrected chi connectivity index (χ0v) is 18.0. The molecule has 7 nitrogen and oxygen atoms in total. The van der Waals surface area contributed by atoms with Crippen molar-refractivity contribution in [3.05, 3.63) is 58.1 Å². The normalized spacial score (nSPS) is 14.4. The number of halogens is 1. The van der Waals surface area contributed by atoms with Crippen LogP contribution < -0.4 is 5.32 Å². The molecular weight excluding hydrogens is 408 g/mol. The van der Waals surface area contributed by atoms with Crippen molar-refractivity contribution in [3.63, 3.8) is 0 Å². The van der Waals surface area contributed by atoms with Gasteiger partial charge in [-0.15, -0.1) is 0 Å². The average Bonchev–Trinajstić information content (AvgIpc) is 2.74. The van der Waals surface area contributed by atoms with E-state index < -0.39 is 11.6 Å². The number of rotatable bonds is 5. The molecule has 0 radical (unpaired) electrons. The molecule has 1 fully saturated rings. The van der Waals surface area contributed by atoms with Gasteiger partial charge < -0.3 is 24.8 Å². The molecule has 1 amide bonds. The molecule has 160 valence electrons. The third-order valence-electron chi connectivity index (χ3n) is 4.90. The Bertz CT molecular complexity index is 949. The van der Waals surface area contributed by atoms with Crippen molar-refractivity contribution in [2.45, 2.75) is 19.4 Å². The second-order valence-electron chi connectivity index (χ2n) is 7.51. The first kappa shape index (κ1) is 22.1. The average molecular weight is 433 g/mol. The molecule has 1 aliphatic rings. The van der Waals surface area contributed by atoms with E-state index in [1.54, 1.807) is 55.1 Å². The van der Waals surface area contributed by atoms with Crippen LogP contribution in [0.2, 0.25) is 5.02 Å². The molecule has 2 aromatic carbocycles. The number of anilines is 2. The minimum absolute atomic E-state index is 0.157. The van der Waals surface area contributed by atoms with Crippen LogP contribution in [0.4, 0.5) is 11.4 Å². The topological polar surface area (TPSA) is 88.1 Å². The van der Waals surface area contributed by atoms with E-state index in [-0.39, 0.29) is 10.9 Å². The van der Waals surface area contributed by atoms with E-state index in [9.17, 15) is 14.7 Å². The number of nitrogens with one attached hydrogen (secondary N) is 1. The van der Waals surface area contributed by atoms with Crippen molar-refractivity contribution in [1.29, 1.82) is 0 Å². The number of hydrogen-bond acceptors (Lipinski definition) is 6. The smallest absolute Gasteiger partial charge is 0.337 e. The molecule has 0 aromatic heterocycles. The Morgan fingerprint density at radius 1 is 1.17 bits per heavy atom. The minimum Gasteiger partial charge on any atom is -0.465 e. The molecule has 0 aliphatic carbocycles. The van der Waals surface area contributed by atoms with E-state index in [0.717, 1.165) is 0 Å². The Kier molecular flexibility index (Phi) is 6.65. The van der Waals surface area contributed by atoms with E-state index >= 15 is 0 Å². The highest BCUT2D eigenvalue weighted by molar-refractivity contribution is 6.36. The lowest BCUT2D eigenvalue weighted by atomic mass is 9.94. The number of hydrogen-bond donors (Lipinski definition) is 2. The lowest BCUT2D eigenvalue weighted by molar-refractivity contribution is 0.0303. The summed E-state index contributed by atoms with van der Waals surface area (Å²) in [6, 6.07) is 10.0. The molecule has 0 unspecified atom stereocenters. The maximum Gasteiger partial charge on any atom is 0.337 e. The van der Waals surface area contributed by atoms with Crippen molar-refractivity contribution in [3.8, 4) is 0 Å². The summed E-state index contributed by atoms with van der Waals surface area (Å²) in [6.45, 7) is 5.28. The summed E-state index contributed by atoms with van der Waals surface area (Å²) in [7, 11) is 1.30. The standard InChI is InChI=1S/C22H25ClN2O5/c1-22(2,28)16-13-14(21(27)29-3)7-8-17(16)24-18-6-4-5-15(19(18)23)20(26)25-9-11-30-12-10-25/h4-8,13,24,28H,9-12H2,1-3H3. The van der Waals surface area contributed by atoms with Gasteiger partial charge in [0.15, 0.2) is 0 Å². The van der Waals surface area contributed by atoms with Crippen LogP contribution in [-0.4, -0.2) is 55.3 Å². The monoisotopic (exact) mass is 432 g/mol. The molecule has 2 N–H and O–H groups in total. The van der Waals surface area contributed by atoms with Crippen LogP contribution >= 0.6 is 11.6 Å². The molecule has 30 heavy (non-hydrogen) atoms. The first-order valence-corrected chi connectivity index (χ1v) is 9.98. The predicted molar refractivity (Wildman–Crippen MR) is 114 cm³/mol. The largest absolute Gasteiger partial charge is 0.465 e. The number of aliphatic hydroxyl groups is 1. The number of esters is 1. The van der Waals surface area contributed by atoms with Crippen LogP contribution in [0.5, 0.6) is 0 Å². The van der Waals surface area contributed by atoms with Gasteiger partial charge in [-0.2, -0.15) is 0 Å². The van der Waals surface area contributed by atoms with Crippen LogP contribution in [0.25, 0.3) is 0 Å². The van der Waals surface area contributed by atoms with Gasteiger partial charge in [-0.1, -0.05) is 17.7 Å². The van der Waals surface area contributed by atoms with Gasteiger partial charge in [0.25, 0.3) is 5.91 Å². The zero-order valence-electron chi connectivity index (χ0n) is 17.2. The molecule has 2 aromatic rings. The number of benzene rings is 2. The quantitative estimate of drug-likeness (QED) is 0.702. The lowest BCUT2D eigenvalue weighted by Gasteiger charge is -2.27. The fourth-order valence-corrected chi connectivity index (χ4v) is 3.53.